The Hall–Kier alpha value is -0.340. The van der Waals surface area contributed by atoms with E-state index >= 15 is 0 Å². The summed E-state index contributed by atoms with van der Waals surface area (Å²) >= 11 is 10.1. The summed E-state index contributed by atoms with van der Waals surface area (Å²) in [4.78, 5) is 0. The van der Waals surface area contributed by atoms with Crippen molar-refractivity contribution in [3.63, 3.8) is 0 Å². The molecule has 2 aromatic rings. The van der Waals surface area contributed by atoms with Crippen LogP contribution in [0.15, 0.2) is 32.4 Å². The molecule has 0 amide bonds. The average molecular weight is 370 g/mol. The molecule has 0 saturated carbocycles. The highest BCUT2D eigenvalue weighted by atomic mass is 79.9. The van der Waals surface area contributed by atoms with Crippen LogP contribution in [0.2, 0.25) is 5.02 Å². The first kappa shape index (κ1) is 14.1. The van der Waals surface area contributed by atoms with E-state index in [-0.39, 0.29) is 10.8 Å². The van der Waals surface area contributed by atoms with E-state index in [4.69, 9.17) is 11.6 Å². The Labute approximate surface area is 123 Å². The van der Waals surface area contributed by atoms with Gasteiger partial charge in [-0.3, -0.25) is 0 Å². The normalized spacial score (nSPS) is 11.9. The summed E-state index contributed by atoms with van der Waals surface area (Å²) < 4.78 is 29.2. The summed E-state index contributed by atoms with van der Waals surface area (Å²) in [6.07, 6.45) is 1.86. The summed E-state index contributed by atoms with van der Waals surface area (Å²) in [7, 11) is -1.65. The smallest absolute Gasteiger partial charge is 0.250 e. The van der Waals surface area contributed by atoms with Gasteiger partial charge in [-0.25, -0.2) is 13.1 Å². The molecule has 98 valence electrons. The highest BCUT2D eigenvalue weighted by Gasteiger charge is 2.18. The van der Waals surface area contributed by atoms with E-state index in [0.717, 1.165) is 17.0 Å². The zero-order valence-electron chi connectivity index (χ0n) is 9.35. The number of sulfonamides is 1. The SMILES string of the molecule is Cn1cccc1CNS(=O)(=O)c1cc(Cl)c(Br)s1. The van der Waals surface area contributed by atoms with Crippen LogP contribution < -0.4 is 4.72 Å². The highest BCUT2D eigenvalue weighted by molar-refractivity contribution is 9.11. The first-order valence-electron chi connectivity index (χ1n) is 4.95. The summed E-state index contributed by atoms with van der Waals surface area (Å²) in [5, 5.41) is 0.402. The minimum Gasteiger partial charge on any atom is -0.353 e. The molecular formula is C10H10BrClN2O2S2. The second-order valence-electron chi connectivity index (χ2n) is 3.62. The third kappa shape index (κ3) is 2.97. The summed E-state index contributed by atoms with van der Waals surface area (Å²) in [5.74, 6) is 0. The second kappa shape index (κ2) is 5.34. The molecule has 2 aromatic heterocycles. The zero-order valence-corrected chi connectivity index (χ0v) is 13.3. The van der Waals surface area contributed by atoms with Crippen LogP contribution in [0.5, 0.6) is 0 Å². The van der Waals surface area contributed by atoms with Gasteiger partial charge in [0.05, 0.1) is 15.4 Å². The number of hydrogen-bond acceptors (Lipinski definition) is 3. The predicted molar refractivity (Wildman–Crippen MR) is 76.5 cm³/mol. The molecule has 0 radical (unpaired) electrons. The minimum atomic E-state index is -3.51. The van der Waals surface area contributed by atoms with Crippen LogP contribution in [-0.4, -0.2) is 13.0 Å². The lowest BCUT2D eigenvalue weighted by atomic mass is 10.4. The lowest BCUT2D eigenvalue weighted by Gasteiger charge is -2.05. The Morgan fingerprint density at radius 2 is 2.28 bits per heavy atom. The number of aryl methyl sites for hydroxylation is 1. The molecule has 0 bridgehead atoms. The maximum atomic E-state index is 12.0. The third-order valence-corrected chi connectivity index (χ3v) is 6.73. The van der Waals surface area contributed by atoms with E-state index in [0.29, 0.717) is 8.81 Å². The van der Waals surface area contributed by atoms with Crippen molar-refractivity contribution in [1.29, 1.82) is 0 Å². The molecule has 0 atom stereocenters. The van der Waals surface area contributed by atoms with Gasteiger partial charge in [-0.1, -0.05) is 11.6 Å². The van der Waals surface area contributed by atoms with E-state index in [2.05, 4.69) is 20.7 Å². The Balaban J connectivity index is 2.15. The maximum absolute atomic E-state index is 12.0. The molecule has 0 aliphatic carbocycles. The van der Waals surface area contributed by atoms with Gasteiger partial charge in [0.25, 0.3) is 0 Å². The fourth-order valence-corrected chi connectivity index (χ4v) is 4.82. The topological polar surface area (TPSA) is 51.1 Å². The predicted octanol–water partition coefficient (Wildman–Crippen LogP) is 2.98. The fraction of sp³-hybridized carbons (Fsp3) is 0.200. The number of halogens is 2. The molecular weight excluding hydrogens is 360 g/mol. The number of nitrogens with zero attached hydrogens (tertiary/aromatic N) is 1. The third-order valence-electron chi connectivity index (χ3n) is 2.38. The van der Waals surface area contributed by atoms with Crippen molar-refractivity contribution < 1.29 is 8.42 Å². The van der Waals surface area contributed by atoms with E-state index in [1.54, 1.807) is 0 Å². The van der Waals surface area contributed by atoms with Crippen LogP contribution in [-0.2, 0) is 23.6 Å². The van der Waals surface area contributed by atoms with Crippen LogP contribution >= 0.6 is 38.9 Å². The van der Waals surface area contributed by atoms with Gasteiger partial charge in [0.2, 0.25) is 10.0 Å². The Kier molecular flexibility index (Phi) is 4.18. The van der Waals surface area contributed by atoms with Crippen molar-refractivity contribution in [3.05, 3.63) is 38.9 Å². The first-order chi connectivity index (χ1) is 8.40. The molecule has 0 aliphatic heterocycles. The van der Waals surface area contributed by atoms with E-state index < -0.39 is 10.0 Å². The minimum absolute atomic E-state index is 0.202. The van der Waals surface area contributed by atoms with Crippen molar-refractivity contribution in [2.24, 2.45) is 7.05 Å². The van der Waals surface area contributed by atoms with Crippen molar-refractivity contribution in [3.8, 4) is 0 Å². The van der Waals surface area contributed by atoms with Gasteiger partial charge in [-0.2, -0.15) is 0 Å². The Bertz CT molecular complexity index is 644. The zero-order chi connectivity index (χ0) is 13.3. The van der Waals surface area contributed by atoms with Gasteiger partial charge < -0.3 is 4.57 Å². The molecule has 0 saturated heterocycles. The van der Waals surface area contributed by atoms with Gasteiger partial charge in [-0.15, -0.1) is 11.3 Å². The molecule has 0 aromatic carbocycles. The standard InChI is InChI=1S/C10H10BrClN2O2S2/c1-14-4-2-3-7(14)6-13-18(15,16)9-5-8(12)10(11)17-9/h2-5,13H,6H2,1H3. The molecule has 0 fully saturated rings. The number of nitrogens with one attached hydrogen (secondary N) is 1. The molecule has 8 heteroatoms. The van der Waals surface area contributed by atoms with Crippen LogP contribution in [0.1, 0.15) is 5.69 Å². The van der Waals surface area contributed by atoms with E-state index in [1.807, 2.05) is 29.9 Å². The van der Waals surface area contributed by atoms with Crippen molar-refractivity contribution in [2.75, 3.05) is 0 Å². The Morgan fingerprint density at radius 1 is 1.56 bits per heavy atom. The van der Waals surface area contributed by atoms with Gasteiger partial charge in [0, 0.05) is 18.9 Å². The largest absolute Gasteiger partial charge is 0.353 e. The highest BCUT2D eigenvalue weighted by Crippen LogP contribution is 2.34. The summed E-state index contributed by atoms with van der Waals surface area (Å²) in [6.45, 7) is 0.249. The lowest BCUT2D eigenvalue weighted by molar-refractivity contribution is 0.581. The van der Waals surface area contributed by atoms with Gasteiger partial charge in [0.1, 0.15) is 4.21 Å². The number of rotatable bonds is 4. The van der Waals surface area contributed by atoms with Crippen molar-refractivity contribution >= 4 is 48.9 Å². The number of aromatic nitrogens is 1. The molecule has 2 rings (SSSR count). The first-order valence-corrected chi connectivity index (χ1v) is 8.42. The van der Waals surface area contributed by atoms with E-state index in [1.165, 1.54) is 6.07 Å². The van der Waals surface area contributed by atoms with Gasteiger partial charge >= 0.3 is 0 Å². The molecule has 0 aliphatic rings. The number of thiophene rings is 1. The summed E-state index contributed by atoms with van der Waals surface area (Å²) in [6, 6.07) is 5.16. The quantitative estimate of drug-likeness (QED) is 0.901. The molecule has 4 nitrogen and oxygen atoms in total. The number of hydrogen-bond donors (Lipinski definition) is 1. The van der Waals surface area contributed by atoms with Crippen LogP contribution in [0, 0.1) is 0 Å². The monoisotopic (exact) mass is 368 g/mol. The van der Waals surface area contributed by atoms with Crippen LogP contribution in [0.25, 0.3) is 0 Å². The molecule has 1 N–H and O–H groups in total. The van der Waals surface area contributed by atoms with Crippen LogP contribution in [0.4, 0.5) is 0 Å². The molecule has 0 unspecified atom stereocenters. The van der Waals surface area contributed by atoms with E-state index in [9.17, 15) is 8.42 Å². The molecule has 0 spiro atoms. The average Bonchev–Trinajstić information content (AvgIpc) is 2.84. The van der Waals surface area contributed by atoms with Crippen molar-refractivity contribution in [2.45, 2.75) is 10.8 Å². The maximum Gasteiger partial charge on any atom is 0.250 e. The molecule has 2 heterocycles. The van der Waals surface area contributed by atoms with Gasteiger partial charge in [-0.05, 0) is 34.1 Å². The fourth-order valence-electron chi connectivity index (χ4n) is 1.38. The molecule has 18 heavy (non-hydrogen) atoms. The second-order valence-corrected chi connectivity index (χ2v) is 8.39. The Morgan fingerprint density at radius 3 is 2.78 bits per heavy atom. The van der Waals surface area contributed by atoms with Crippen molar-refractivity contribution in [1.82, 2.24) is 9.29 Å². The summed E-state index contributed by atoms with van der Waals surface area (Å²) in [5.41, 5.74) is 0.889. The van der Waals surface area contributed by atoms with Crippen LogP contribution in [0.3, 0.4) is 0 Å². The van der Waals surface area contributed by atoms with Gasteiger partial charge in [0.15, 0.2) is 0 Å². The lowest BCUT2D eigenvalue weighted by Crippen LogP contribution is -2.23.